The summed E-state index contributed by atoms with van der Waals surface area (Å²) in [5.74, 6) is 4.83. The third kappa shape index (κ3) is 5.82. The number of rotatable bonds is 2. The van der Waals surface area contributed by atoms with Gasteiger partial charge in [0.25, 0.3) is 0 Å². The molecule has 3 heteroatoms. The van der Waals surface area contributed by atoms with Crippen LogP contribution in [0.5, 0.6) is 0 Å². The first kappa shape index (κ1) is 6.82. The van der Waals surface area contributed by atoms with Gasteiger partial charge in [0.2, 0.25) is 0 Å². The summed E-state index contributed by atoms with van der Waals surface area (Å²) < 4.78 is 0. The summed E-state index contributed by atoms with van der Waals surface area (Å²) in [7, 11) is 0. The standard InChI is InChI=1S/C4H10N2S/c1-4(2)7-3-6-5/h3-4H,5H2,1-2H3/b6-3-. The molecule has 0 atom stereocenters. The Balaban J connectivity index is 2.97. The minimum atomic E-state index is 0.590. The Morgan fingerprint density at radius 3 is 2.43 bits per heavy atom. The molecule has 42 valence electrons. The smallest absolute Gasteiger partial charge is 0.0797 e. The van der Waals surface area contributed by atoms with Gasteiger partial charge in [0.05, 0.1) is 5.55 Å². The molecule has 0 bridgehead atoms. The second-order valence-electron chi connectivity index (χ2n) is 1.44. The largest absolute Gasteiger partial charge is 0.323 e. The van der Waals surface area contributed by atoms with Crippen molar-refractivity contribution in [3.63, 3.8) is 0 Å². The van der Waals surface area contributed by atoms with Crippen molar-refractivity contribution >= 4 is 17.3 Å². The van der Waals surface area contributed by atoms with Crippen molar-refractivity contribution in [2.75, 3.05) is 0 Å². The molecule has 0 aromatic heterocycles. The molecule has 0 aromatic rings. The highest BCUT2D eigenvalue weighted by atomic mass is 32.2. The van der Waals surface area contributed by atoms with Crippen molar-refractivity contribution in [3.8, 4) is 0 Å². The van der Waals surface area contributed by atoms with Crippen LogP contribution in [0.25, 0.3) is 0 Å². The van der Waals surface area contributed by atoms with Crippen LogP contribution in [0.1, 0.15) is 13.8 Å². The average molecular weight is 118 g/mol. The van der Waals surface area contributed by atoms with Crippen LogP contribution >= 0.6 is 11.8 Å². The van der Waals surface area contributed by atoms with Crippen molar-refractivity contribution in [1.82, 2.24) is 0 Å². The molecule has 0 heterocycles. The van der Waals surface area contributed by atoms with Crippen LogP contribution in [-0.4, -0.2) is 10.8 Å². The third-order valence-electron chi connectivity index (χ3n) is 0.394. The van der Waals surface area contributed by atoms with E-state index in [1.165, 1.54) is 0 Å². The molecule has 0 radical (unpaired) electrons. The molecule has 0 aliphatic heterocycles. The van der Waals surface area contributed by atoms with E-state index in [1.807, 2.05) is 0 Å². The normalized spacial score (nSPS) is 11.3. The Morgan fingerprint density at radius 2 is 2.29 bits per heavy atom. The average Bonchev–Trinajstić information content (AvgIpc) is 1.61. The Morgan fingerprint density at radius 1 is 1.71 bits per heavy atom. The molecule has 0 spiro atoms. The lowest BCUT2D eigenvalue weighted by molar-refractivity contribution is 1.12. The Hall–Kier alpha value is -0.180. The van der Waals surface area contributed by atoms with Gasteiger partial charge in [-0.25, -0.2) is 0 Å². The summed E-state index contributed by atoms with van der Waals surface area (Å²) in [6.45, 7) is 4.18. The Bertz CT molecular complexity index is 60.7. The van der Waals surface area contributed by atoms with Crippen LogP contribution in [0.15, 0.2) is 5.10 Å². The maximum Gasteiger partial charge on any atom is 0.0797 e. The molecule has 0 saturated heterocycles. The van der Waals surface area contributed by atoms with Gasteiger partial charge >= 0.3 is 0 Å². The van der Waals surface area contributed by atoms with E-state index in [0.29, 0.717) is 5.25 Å². The highest BCUT2D eigenvalue weighted by Crippen LogP contribution is 2.02. The minimum Gasteiger partial charge on any atom is -0.323 e. The van der Waals surface area contributed by atoms with E-state index in [2.05, 4.69) is 18.9 Å². The van der Waals surface area contributed by atoms with Crippen molar-refractivity contribution in [1.29, 1.82) is 0 Å². The molecule has 0 fully saturated rings. The predicted molar refractivity (Wildman–Crippen MR) is 35.4 cm³/mol. The highest BCUT2D eigenvalue weighted by molar-refractivity contribution is 8.12. The monoisotopic (exact) mass is 118 g/mol. The predicted octanol–water partition coefficient (Wildman–Crippen LogP) is 1.03. The first-order chi connectivity index (χ1) is 3.27. The van der Waals surface area contributed by atoms with Crippen LogP contribution in [-0.2, 0) is 0 Å². The van der Waals surface area contributed by atoms with E-state index < -0.39 is 0 Å². The van der Waals surface area contributed by atoms with Gasteiger partial charge < -0.3 is 5.84 Å². The molecule has 2 N–H and O–H groups in total. The van der Waals surface area contributed by atoms with E-state index in [1.54, 1.807) is 17.3 Å². The summed E-state index contributed by atoms with van der Waals surface area (Å²) in [5, 5.41) is 3.90. The minimum absolute atomic E-state index is 0.590. The van der Waals surface area contributed by atoms with E-state index >= 15 is 0 Å². The quantitative estimate of drug-likeness (QED) is 0.254. The van der Waals surface area contributed by atoms with E-state index in [-0.39, 0.29) is 0 Å². The fourth-order valence-corrected chi connectivity index (χ4v) is 0.471. The SMILES string of the molecule is CC(C)S/C=N\N. The van der Waals surface area contributed by atoms with E-state index in [9.17, 15) is 0 Å². The first-order valence-electron chi connectivity index (χ1n) is 2.14. The van der Waals surface area contributed by atoms with Crippen LogP contribution in [0.3, 0.4) is 0 Å². The van der Waals surface area contributed by atoms with Crippen LogP contribution in [0.4, 0.5) is 0 Å². The topological polar surface area (TPSA) is 38.4 Å². The van der Waals surface area contributed by atoms with Crippen molar-refractivity contribution in [3.05, 3.63) is 0 Å². The second kappa shape index (κ2) is 3.99. The zero-order valence-electron chi connectivity index (χ0n) is 4.59. The number of thioether (sulfide) groups is 1. The number of hydrogen-bond donors (Lipinski definition) is 1. The Kier molecular flexibility index (Phi) is 3.89. The van der Waals surface area contributed by atoms with Gasteiger partial charge in [-0.05, 0) is 0 Å². The molecule has 0 aromatic carbocycles. The fraction of sp³-hybridized carbons (Fsp3) is 0.750. The summed E-state index contributed by atoms with van der Waals surface area (Å²) in [6.07, 6.45) is 0. The number of hydrazone groups is 1. The van der Waals surface area contributed by atoms with E-state index in [4.69, 9.17) is 5.84 Å². The molecule has 0 aliphatic rings. The molecule has 0 saturated carbocycles. The molecular weight excluding hydrogens is 108 g/mol. The third-order valence-corrected chi connectivity index (χ3v) is 1.18. The van der Waals surface area contributed by atoms with Gasteiger partial charge in [-0.2, -0.15) is 5.10 Å². The summed E-state index contributed by atoms with van der Waals surface area (Å²) in [5.41, 5.74) is 1.64. The zero-order chi connectivity index (χ0) is 5.70. The molecule has 2 nitrogen and oxygen atoms in total. The van der Waals surface area contributed by atoms with Crippen molar-refractivity contribution in [2.45, 2.75) is 19.1 Å². The lowest BCUT2D eigenvalue weighted by Gasteiger charge is -1.92. The van der Waals surface area contributed by atoms with Crippen molar-refractivity contribution < 1.29 is 0 Å². The van der Waals surface area contributed by atoms with E-state index in [0.717, 1.165) is 0 Å². The molecular formula is C4H10N2S. The van der Waals surface area contributed by atoms with Crippen molar-refractivity contribution in [2.24, 2.45) is 10.9 Å². The number of nitrogens with two attached hydrogens (primary N) is 1. The maximum atomic E-state index is 4.83. The molecule has 7 heavy (non-hydrogen) atoms. The molecule has 0 amide bonds. The van der Waals surface area contributed by atoms with Gasteiger partial charge in [-0.15, -0.1) is 11.8 Å². The molecule has 0 rings (SSSR count). The van der Waals surface area contributed by atoms with Gasteiger partial charge in [-0.1, -0.05) is 13.8 Å². The highest BCUT2D eigenvalue weighted by Gasteiger charge is 1.85. The Labute approximate surface area is 48.2 Å². The molecule has 0 unspecified atom stereocenters. The lowest BCUT2D eigenvalue weighted by atomic mass is 10.6. The fourth-order valence-electron chi connectivity index (χ4n) is 0.157. The van der Waals surface area contributed by atoms with Crippen LogP contribution in [0, 0.1) is 0 Å². The van der Waals surface area contributed by atoms with Gasteiger partial charge in [0.1, 0.15) is 0 Å². The number of hydrogen-bond acceptors (Lipinski definition) is 3. The van der Waals surface area contributed by atoms with Gasteiger partial charge in [0.15, 0.2) is 0 Å². The summed E-state index contributed by atoms with van der Waals surface area (Å²) in [6, 6.07) is 0. The van der Waals surface area contributed by atoms with Crippen LogP contribution in [0.2, 0.25) is 0 Å². The summed E-state index contributed by atoms with van der Waals surface area (Å²) >= 11 is 1.61. The van der Waals surface area contributed by atoms with Gasteiger partial charge in [-0.3, -0.25) is 0 Å². The number of nitrogens with zero attached hydrogens (tertiary/aromatic N) is 1. The summed E-state index contributed by atoms with van der Waals surface area (Å²) in [4.78, 5) is 0. The van der Waals surface area contributed by atoms with Gasteiger partial charge in [0, 0.05) is 5.25 Å². The van der Waals surface area contributed by atoms with Crippen LogP contribution < -0.4 is 5.84 Å². The second-order valence-corrected chi connectivity index (χ2v) is 2.87. The first-order valence-corrected chi connectivity index (χ1v) is 3.09. The zero-order valence-corrected chi connectivity index (χ0v) is 5.40. The molecule has 0 aliphatic carbocycles. The lowest BCUT2D eigenvalue weighted by Crippen LogP contribution is -1.86. The maximum absolute atomic E-state index is 4.83.